The van der Waals surface area contributed by atoms with Gasteiger partial charge in [-0.2, -0.15) is 8.96 Å². The van der Waals surface area contributed by atoms with Crippen molar-refractivity contribution in [1.29, 1.82) is 0 Å². The second kappa shape index (κ2) is 12.0. The number of halogens is 1. The number of nitrogens with zero attached hydrogens (tertiary/aromatic N) is 3. The average molecular weight is 594 g/mol. The molecule has 0 aliphatic rings. The second-order valence-corrected chi connectivity index (χ2v) is 11.2. The highest BCUT2D eigenvalue weighted by atomic mass is 32.2. The molecular formula is C25H24FN3O9S2. The van der Waals surface area contributed by atoms with Crippen LogP contribution in [0.15, 0.2) is 64.8 Å². The van der Waals surface area contributed by atoms with Gasteiger partial charge in [0, 0.05) is 36.4 Å². The quantitative estimate of drug-likeness (QED) is 0.240. The third-order valence-electron chi connectivity index (χ3n) is 5.42. The Labute approximate surface area is 231 Å². The van der Waals surface area contributed by atoms with Gasteiger partial charge in [-0.25, -0.2) is 17.6 Å². The minimum Gasteiger partial charge on any atom is -0.609 e. The van der Waals surface area contributed by atoms with Gasteiger partial charge in [0.15, 0.2) is 23.9 Å². The first-order valence-electron chi connectivity index (χ1n) is 11.5. The van der Waals surface area contributed by atoms with Gasteiger partial charge in [0.1, 0.15) is 17.2 Å². The molecule has 212 valence electrons. The van der Waals surface area contributed by atoms with E-state index in [0.29, 0.717) is 5.75 Å². The number of pyridine rings is 1. The van der Waals surface area contributed by atoms with Crippen molar-refractivity contribution in [2.45, 2.75) is 29.1 Å². The summed E-state index contributed by atoms with van der Waals surface area (Å²) in [5, 5.41) is 8.47. The van der Waals surface area contributed by atoms with Gasteiger partial charge in [0.2, 0.25) is 6.36 Å². The normalized spacial score (nSPS) is 13.0. The van der Waals surface area contributed by atoms with Crippen molar-refractivity contribution in [1.82, 2.24) is 13.9 Å². The molecule has 4 aromatic rings. The number of fused-ring (bicyclic) bond motifs is 1. The van der Waals surface area contributed by atoms with E-state index in [4.69, 9.17) is 24.1 Å². The van der Waals surface area contributed by atoms with Gasteiger partial charge in [0.25, 0.3) is 10.0 Å². The molecule has 0 saturated heterocycles. The van der Waals surface area contributed by atoms with Crippen LogP contribution in [0.3, 0.4) is 0 Å². The van der Waals surface area contributed by atoms with Crippen LogP contribution < -0.4 is 18.9 Å². The van der Waals surface area contributed by atoms with Crippen LogP contribution in [0.2, 0.25) is 0 Å². The molecule has 4 rings (SSSR count). The van der Waals surface area contributed by atoms with Crippen LogP contribution in [0.1, 0.15) is 12.6 Å². The number of carboxylic acid groups (broad SMARTS) is 1. The highest BCUT2D eigenvalue weighted by molar-refractivity contribution is 7.93. The van der Waals surface area contributed by atoms with E-state index in [-0.39, 0.29) is 49.8 Å². The van der Waals surface area contributed by atoms with Gasteiger partial charge >= 0.3 is 11.1 Å². The fourth-order valence-electron chi connectivity index (χ4n) is 3.75. The summed E-state index contributed by atoms with van der Waals surface area (Å²) in [5.41, 5.74) is 0.405. The lowest BCUT2D eigenvalue weighted by atomic mass is 10.3. The molecule has 0 fully saturated rings. The molecule has 0 aliphatic carbocycles. The van der Waals surface area contributed by atoms with E-state index >= 15 is 0 Å². The van der Waals surface area contributed by atoms with E-state index in [1.807, 2.05) is 0 Å². The number of methoxy groups -OCH3 is 2. The van der Waals surface area contributed by atoms with E-state index < -0.39 is 40.1 Å². The number of hydrogen-bond donors (Lipinski definition) is 1. The first-order chi connectivity index (χ1) is 19.0. The number of benzene rings is 2. The maximum absolute atomic E-state index is 13.9. The van der Waals surface area contributed by atoms with Crippen LogP contribution in [0.25, 0.3) is 11.0 Å². The Balaban J connectivity index is 1.81. The molecule has 0 bridgehead atoms. The predicted octanol–water partition coefficient (Wildman–Crippen LogP) is 3.15. The lowest BCUT2D eigenvalue weighted by Crippen LogP contribution is -2.20. The molecule has 2 atom stereocenters. The van der Waals surface area contributed by atoms with Gasteiger partial charge < -0.3 is 28.6 Å². The van der Waals surface area contributed by atoms with Gasteiger partial charge in [-0.05, 0) is 36.4 Å². The standard InChI is InChI=1S/C25H24FN3O9S2/c1-15(26)38-17-6-9-21-19(12-17)28-25(39(32)14-20-24(36-3)22(35-2)10-11-27-20)29(21)40(33,34)18-7-4-16(5-8-18)37-13-23(30)31/h4-12,15H,13-14H2,1-3H3,(H,30,31). The zero-order chi connectivity index (χ0) is 29.0. The molecule has 2 aromatic carbocycles. The summed E-state index contributed by atoms with van der Waals surface area (Å²) in [6.45, 7) is 0.581. The molecule has 1 N–H and O–H groups in total. The Morgan fingerprint density at radius 3 is 2.45 bits per heavy atom. The molecule has 2 heterocycles. The number of aliphatic carboxylic acids is 1. The highest BCUT2D eigenvalue weighted by Gasteiger charge is 2.33. The lowest BCUT2D eigenvalue weighted by Gasteiger charge is -2.15. The first kappa shape index (κ1) is 28.9. The fourth-order valence-corrected chi connectivity index (χ4v) is 6.71. The van der Waals surface area contributed by atoms with Gasteiger partial charge in [-0.1, -0.05) is 0 Å². The maximum atomic E-state index is 13.9. The Hall–Kier alpha value is -4.08. The summed E-state index contributed by atoms with van der Waals surface area (Å²) >= 11 is -2.08. The molecule has 0 amide bonds. The third kappa shape index (κ3) is 6.05. The van der Waals surface area contributed by atoms with Crippen molar-refractivity contribution in [3.05, 3.63) is 60.4 Å². The molecule has 2 aromatic heterocycles. The van der Waals surface area contributed by atoms with Gasteiger partial charge in [-0.15, -0.1) is 0 Å². The van der Waals surface area contributed by atoms with Gasteiger partial charge in [-0.3, -0.25) is 4.98 Å². The van der Waals surface area contributed by atoms with Crippen molar-refractivity contribution < 1.29 is 46.2 Å². The number of rotatable bonds is 12. The van der Waals surface area contributed by atoms with E-state index in [2.05, 4.69) is 9.97 Å². The zero-order valence-electron chi connectivity index (χ0n) is 21.4. The lowest BCUT2D eigenvalue weighted by molar-refractivity contribution is -0.139. The van der Waals surface area contributed by atoms with Crippen LogP contribution in [0.4, 0.5) is 4.39 Å². The highest BCUT2D eigenvalue weighted by Crippen LogP contribution is 2.34. The largest absolute Gasteiger partial charge is 0.609 e. The van der Waals surface area contributed by atoms with E-state index in [0.717, 1.165) is 3.97 Å². The SMILES string of the molecule is COc1ccnc(C[S+]([O-])c2nc3cc(OC(C)F)ccc3n2S(=O)(=O)c2ccc(OCC(=O)O)cc2)c1OC. The number of imidazole rings is 1. The van der Waals surface area contributed by atoms with Gasteiger partial charge in [0.05, 0.1) is 30.1 Å². The third-order valence-corrected chi connectivity index (χ3v) is 8.47. The number of alkyl halides is 1. The summed E-state index contributed by atoms with van der Waals surface area (Å²) in [6.07, 6.45) is -0.200. The van der Waals surface area contributed by atoms with Crippen molar-refractivity contribution >= 4 is 38.2 Å². The molecule has 12 nitrogen and oxygen atoms in total. The molecular weight excluding hydrogens is 569 g/mol. The molecule has 0 saturated carbocycles. The summed E-state index contributed by atoms with van der Waals surface area (Å²) in [6, 6.07) is 10.7. The zero-order valence-corrected chi connectivity index (χ0v) is 23.1. The van der Waals surface area contributed by atoms with Crippen molar-refractivity contribution in [3.63, 3.8) is 0 Å². The van der Waals surface area contributed by atoms with Crippen LogP contribution in [-0.4, -0.2) is 65.2 Å². The predicted molar refractivity (Wildman–Crippen MR) is 141 cm³/mol. The minimum absolute atomic E-state index is 0.0685. The second-order valence-electron chi connectivity index (χ2n) is 8.11. The summed E-state index contributed by atoms with van der Waals surface area (Å²) in [4.78, 5) is 19.1. The van der Waals surface area contributed by atoms with E-state index in [1.54, 1.807) is 6.07 Å². The average Bonchev–Trinajstić information content (AvgIpc) is 3.31. The fraction of sp³-hybridized carbons (Fsp3) is 0.240. The molecule has 0 radical (unpaired) electrons. The smallest absolute Gasteiger partial charge is 0.341 e. The number of ether oxygens (including phenoxy) is 4. The van der Waals surface area contributed by atoms with Crippen LogP contribution >= 0.6 is 0 Å². The van der Waals surface area contributed by atoms with E-state index in [9.17, 15) is 22.2 Å². The van der Waals surface area contributed by atoms with Crippen LogP contribution in [0, 0.1) is 0 Å². The minimum atomic E-state index is -4.40. The first-order valence-corrected chi connectivity index (χ1v) is 14.3. The van der Waals surface area contributed by atoms with Crippen molar-refractivity contribution in [3.8, 4) is 23.0 Å². The Morgan fingerprint density at radius 2 is 1.82 bits per heavy atom. The molecule has 2 unspecified atom stereocenters. The number of carbonyl (C=O) groups is 1. The summed E-state index contributed by atoms with van der Waals surface area (Å²) in [5.74, 6) is -0.656. The Morgan fingerprint density at radius 1 is 1.12 bits per heavy atom. The van der Waals surface area contributed by atoms with E-state index in [1.165, 1.54) is 69.8 Å². The molecule has 40 heavy (non-hydrogen) atoms. The Kier molecular flexibility index (Phi) is 8.66. The number of hydrogen-bond acceptors (Lipinski definition) is 10. The molecule has 0 spiro atoms. The van der Waals surface area contributed by atoms with Crippen LogP contribution in [0.5, 0.6) is 23.0 Å². The van der Waals surface area contributed by atoms with Crippen molar-refractivity contribution in [2.75, 3.05) is 20.8 Å². The van der Waals surface area contributed by atoms with Crippen molar-refractivity contribution in [2.24, 2.45) is 0 Å². The maximum Gasteiger partial charge on any atom is 0.341 e. The van der Waals surface area contributed by atoms with Crippen LogP contribution in [-0.2, 0) is 31.7 Å². The number of aromatic nitrogens is 3. The topological polar surface area (TPSA) is 162 Å². The Bertz CT molecular complexity index is 1630. The molecule has 15 heteroatoms. The summed E-state index contributed by atoms with van der Waals surface area (Å²) in [7, 11) is -1.58. The number of carboxylic acids is 1. The molecule has 0 aliphatic heterocycles. The summed E-state index contributed by atoms with van der Waals surface area (Å²) < 4.78 is 76.4. The monoisotopic (exact) mass is 593 g/mol.